The molecule has 208 valence electrons. The van der Waals surface area contributed by atoms with E-state index in [4.69, 9.17) is 11.6 Å². The van der Waals surface area contributed by atoms with E-state index in [0.717, 1.165) is 46.8 Å². The largest absolute Gasteiger partial charge is 0.352 e. The molecular weight excluding hydrogens is 531 g/mol. The Morgan fingerprint density at radius 2 is 1.68 bits per heavy atom. The lowest BCUT2D eigenvalue weighted by Gasteiger charge is -2.35. The molecule has 1 saturated carbocycles. The number of carbonyl (C=O) groups excluding carboxylic acids is 2. The number of nitrogens with one attached hydrogen (secondary N) is 1. The third-order valence-electron chi connectivity index (χ3n) is 6.78. The van der Waals surface area contributed by atoms with Crippen molar-refractivity contribution in [3.8, 4) is 0 Å². The number of rotatable bonds is 11. The molecule has 0 heterocycles. The Labute approximate surface area is 229 Å². The van der Waals surface area contributed by atoms with Crippen molar-refractivity contribution in [1.82, 2.24) is 14.5 Å². The van der Waals surface area contributed by atoms with E-state index in [1.54, 1.807) is 31.2 Å². The topological polar surface area (TPSA) is 90.0 Å². The number of hydrogen-bond acceptors (Lipinski definition) is 4. The van der Waals surface area contributed by atoms with E-state index in [9.17, 15) is 22.4 Å². The van der Waals surface area contributed by atoms with Crippen LogP contribution in [0.25, 0.3) is 0 Å². The molecule has 0 aliphatic heterocycles. The number of carbonyl (C=O) groups is 2. The maximum Gasteiger partial charge on any atom is 0.304 e. The zero-order valence-electron chi connectivity index (χ0n) is 22.1. The minimum Gasteiger partial charge on any atom is -0.352 e. The Hall–Kier alpha value is -2.69. The van der Waals surface area contributed by atoms with Crippen molar-refractivity contribution < 1.29 is 22.4 Å². The second-order valence-electron chi connectivity index (χ2n) is 9.63. The predicted octanol–water partition coefficient (Wildman–Crippen LogP) is 4.35. The fraction of sp³-hybridized carbons (Fsp3) is 0.481. The van der Waals surface area contributed by atoms with Gasteiger partial charge in [0, 0.05) is 31.7 Å². The molecular formula is C27H36ClFN4O4S. The smallest absolute Gasteiger partial charge is 0.304 e. The molecule has 38 heavy (non-hydrogen) atoms. The summed E-state index contributed by atoms with van der Waals surface area (Å²) in [6.45, 7) is 1.09. The first kappa shape index (κ1) is 29.9. The van der Waals surface area contributed by atoms with Gasteiger partial charge in [0.2, 0.25) is 11.8 Å². The Morgan fingerprint density at radius 1 is 1.05 bits per heavy atom. The molecule has 0 unspecified atom stereocenters. The molecule has 2 aromatic carbocycles. The van der Waals surface area contributed by atoms with Gasteiger partial charge in [-0.25, -0.2) is 8.70 Å². The minimum absolute atomic E-state index is 0.0117. The Kier molecular flexibility index (Phi) is 10.5. The van der Waals surface area contributed by atoms with E-state index in [1.807, 2.05) is 0 Å². The third kappa shape index (κ3) is 7.24. The number of hydrogen-bond donors (Lipinski definition) is 1. The van der Waals surface area contributed by atoms with E-state index in [1.165, 1.54) is 37.2 Å². The summed E-state index contributed by atoms with van der Waals surface area (Å²) >= 11 is 6.39. The molecule has 0 saturated heterocycles. The number of benzene rings is 2. The second-order valence-corrected chi connectivity index (χ2v) is 12.1. The van der Waals surface area contributed by atoms with Crippen molar-refractivity contribution in [3.63, 3.8) is 0 Å². The van der Waals surface area contributed by atoms with Crippen LogP contribution in [0.2, 0.25) is 5.02 Å². The SMILES string of the molecule is CC[C@@H](C(=O)NC1CCCCC1)N(Cc1ccccc1Cl)C(=O)CN(c1ccccc1F)S(=O)(=O)N(C)C. The number of amides is 2. The normalized spacial score (nSPS) is 15.2. The molecule has 1 aliphatic carbocycles. The highest BCUT2D eigenvalue weighted by atomic mass is 35.5. The van der Waals surface area contributed by atoms with Gasteiger partial charge in [-0.05, 0) is 43.0 Å². The summed E-state index contributed by atoms with van der Waals surface area (Å²) in [6, 6.07) is 11.5. The van der Waals surface area contributed by atoms with Crippen LogP contribution in [0.3, 0.4) is 0 Å². The van der Waals surface area contributed by atoms with E-state index in [-0.39, 0.29) is 24.2 Å². The first-order valence-electron chi connectivity index (χ1n) is 12.8. The van der Waals surface area contributed by atoms with Gasteiger partial charge in [-0.1, -0.05) is 68.1 Å². The van der Waals surface area contributed by atoms with Crippen molar-refractivity contribution in [3.05, 3.63) is 64.9 Å². The summed E-state index contributed by atoms with van der Waals surface area (Å²) in [5.41, 5.74) is 0.353. The number of anilines is 1. The fourth-order valence-corrected chi connectivity index (χ4v) is 5.89. The Bertz CT molecular complexity index is 1220. The standard InChI is InChI=1S/C27H36ClFN4O4S/c1-4-24(27(35)30-21-13-6-5-7-14-21)32(18-20-12-8-9-15-22(20)28)26(34)19-33(38(36,37)31(2)3)25-17-11-10-16-23(25)29/h8-12,15-17,21,24H,4-7,13-14,18-19H2,1-3H3,(H,30,35)/t24-/m0/s1. The number of nitrogens with zero attached hydrogens (tertiary/aromatic N) is 3. The van der Waals surface area contributed by atoms with Crippen molar-refractivity contribution in [2.24, 2.45) is 0 Å². The quantitative estimate of drug-likeness (QED) is 0.438. The highest BCUT2D eigenvalue weighted by molar-refractivity contribution is 7.90. The van der Waals surface area contributed by atoms with Gasteiger partial charge in [-0.3, -0.25) is 9.59 Å². The summed E-state index contributed by atoms with van der Waals surface area (Å²) < 4.78 is 42.8. The average Bonchev–Trinajstić information content (AvgIpc) is 2.89. The summed E-state index contributed by atoms with van der Waals surface area (Å²) in [7, 11) is -1.63. The number of para-hydroxylation sites is 1. The van der Waals surface area contributed by atoms with Crippen LogP contribution in [0.5, 0.6) is 0 Å². The van der Waals surface area contributed by atoms with E-state index >= 15 is 0 Å². The molecule has 0 bridgehead atoms. The van der Waals surface area contributed by atoms with Gasteiger partial charge in [-0.15, -0.1) is 0 Å². The van der Waals surface area contributed by atoms with Crippen LogP contribution >= 0.6 is 11.6 Å². The molecule has 0 spiro atoms. The van der Waals surface area contributed by atoms with Crippen LogP contribution < -0.4 is 9.62 Å². The number of halogens is 2. The first-order chi connectivity index (χ1) is 18.1. The summed E-state index contributed by atoms with van der Waals surface area (Å²) in [4.78, 5) is 28.7. The lowest BCUT2D eigenvalue weighted by atomic mass is 9.95. The highest BCUT2D eigenvalue weighted by Gasteiger charge is 2.35. The van der Waals surface area contributed by atoms with Gasteiger partial charge in [-0.2, -0.15) is 12.7 Å². The molecule has 1 fully saturated rings. The first-order valence-corrected chi connectivity index (χ1v) is 14.6. The molecule has 2 aromatic rings. The summed E-state index contributed by atoms with van der Waals surface area (Å²) in [5, 5.41) is 3.50. The van der Waals surface area contributed by atoms with Gasteiger partial charge in [0.25, 0.3) is 0 Å². The molecule has 1 atom stereocenters. The van der Waals surface area contributed by atoms with E-state index < -0.39 is 34.5 Å². The summed E-state index contributed by atoms with van der Waals surface area (Å²) in [6.07, 6.45) is 5.25. The Morgan fingerprint density at radius 3 is 2.29 bits per heavy atom. The van der Waals surface area contributed by atoms with Crippen LogP contribution in [0.4, 0.5) is 10.1 Å². The van der Waals surface area contributed by atoms with Crippen LogP contribution in [0.1, 0.15) is 51.0 Å². The molecule has 2 amide bonds. The molecule has 1 N–H and O–H groups in total. The van der Waals surface area contributed by atoms with Gasteiger partial charge < -0.3 is 10.2 Å². The van der Waals surface area contributed by atoms with E-state index in [2.05, 4.69) is 5.32 Å². The van der Waals surface area contributed by atoms with Crippen LogP contribution in [0.15, 0.2) is 48.5 Å². The molecule has 0 radical (unpaired) electrons. The lowest BCUT2D eigenvalue weighted by Crippen LogP contribution is -2.54. The fourth-order valence-electron chi connectivity index (χ4n) is 4.63. The van der Waals surface area contributed by atoms with Crippen molar-refractivity contribution in [1.29, 1.82) is 0 Å². The maximum absolute atomic E-state index is 14.8. The molecule has 3 rings (SSSR count). The Balaban J connectivity index is 1.98. The van der Waals surface area contributed by atoms with Crippen LogP contribution in [-0.2, 0) is 26.3 Å². The van der Waals surface area contributed by atoms with Gasteiger partial charge in [0.1, 0.15) is 18.4 Å². The van der Waals surface area contributed by atoms with Crippen molar-refractivity contribution in [2.45, 2.75) is 64.1 Å². The maximum atomic E-state index is 14.8. The average molecular weight is 567 g/mol. The van der Waals surface area contributed by atoms with Crippen LogP contribution in [0, 0.1) is 5.82 Å². The second kappa shape index (κ2) is 13.4. The van der Waals surface area contributed by atoms with Crippen LogP contribution in [-0.4, -0.2) is 62.2 Å². The van der Waals surface area contributed by atoms with E-state index in [0.29, 0.717) is 17.0 Å². The lowest BCUT2D eigenvalue weighted by molar-refractivity contribution is -0.140. The van der Waals surface area contributed by atoms with Gasteiger partial charge >= 0.3 is 10.2 Å². The molecule has 1 aliphatic rings. The zero-order chi connectivity index (χ0) is 27.9. The van der Waals surface area contributed by atoms with Crippen molar-refractivity contribution >= 4 is 39.3 Å². The molecule has 0 aromatic heterocycles. The monoisotopic (exact) mass is 566 g/mol. The summed E-state index contributed by atoms with van der Waals surface area (Å²) in [5.74, 6) is -1.73. The van der Waals surface area contributed by atoms with Crippen molar-refractivity contribution in [2.75, 3.05) is 24.9 Å². The molecule has 11 heteroatoms. The highest BCUT2D eigenvalue weighted by Crippen LogP contribution is 2.25. The van der Waals surface area contributed by atoms with Gasteiger partial charge in [0.05, 0.1) is 5.69 Å². The van der Waals surface area contributed by atoms with Gasteiger partial charge in [0.15, 0.2) is 0 Å². The minimum atomic E-state index is -4.25. The zero-order valence-corrected chi connectivity index (χ0v) is 23.6. The predicted molar refractivity (Wildman–Crippen MR) is 147 cm³/mol. The third-order valence-corrected chi connectivity index (χ3v) is 8.95. The molecule has 8 nitrogen and oxygen atoms in total.